The molecule has 0 aromatic carbocycles. The van der Waals surface area contributed by atoms with Crippen LogP contribution < -0.4 is 0 Å². The average Bonchev–Trinajstić information content (AvgIpc) is 2.32. The van der Waals surface area contributed by atoms with E-state index in [1.807, 2.05) is 0 Å². The molecule has 0 unspecified atom stereocenters. The molecule has 0 fully saturated rings. The Morgan fingerprint density at radius 2 is 2.06 bits per heavy atom. The number of carbonyl (C=O) groups is 2. The summed E-state index contributed by atoms with van der Waals surface area (Å²) in [5.74, 6) is -0.677. The van der Waals surface area contributed by atoms with Crippen LogP contribution in [0.5, 0.6) is 0 Å². The van der Waals surface area contributed by atoms with Gasteiger partial charge < -0.3 is 20.1 Å². The molecule has 8 heteroatoms. The zero-order chi connectivity index (χ0) is 12.7. The van der Waals surface area contributed by atoms with E-state index in [0.717, 1.165) is 0 Å². The van der Waals surface area contributed by atoms with Gasteiger partial charge in [0, 0.05) is 11.3 Å². The smallest absolute Gasteiger partial charge is 0.163 e. The number of rotatable bonds is 7. The molecule has 8 nitrogen and oxygen atoms in total. The van der Waals surface area contributed by atoms with Gasteiger partial charge in [-0.05, 0) is 5.53 Å². The lowest BCUT2D eigenvalue weighted by Gasteiger charge is -2.23. The molecule has 0 rings (SSSR count). The van der Waals surface area contributed by atoms with E-state index < -0.39 is 30.1 Å². The van der Waals surface area contributed by atoms with E-state index in [0.29, 0.717) is 0 Å². The number of Topliss-reactive ketones (excluding diaryl/α,β-unsaturated/α-hetero) is 1. The molecule has 0 aliphatic rings. The maximum atomic E-state index is 11.1. The molecule has 16 heavy (non-hydrogen) atoms. The normalized spacial score (nSPS) is 17.8. The molecule has 0 aromatic rings. The van der Waals surface area contributed by atoms with Gasteiger partial charge in [-0.1, -0.05) is 12.0 Å². The molecule has 4 atom stereocenters. The second-order valence-electron chi connectivity index (χ2n) is 3.08. The summed E-state index contributed by atoms with van der Waals surface area (Å²) in [6.45, 7) is 1.47. The van der Waals surface area contributed by atoms with Crippen molar-refractivity contribution < 1.29 is 24.9 Å². The number of aldehydes is 1. The van der Waals surface area contributed by atoms with Gasteiger partial charge in [-0.25, -0.2) is 0 Å². The third-order valence-electron chi connectivity index (χ3n) is 2.03. The van der Waals surface area contributed by atoms with Crippen LogP contribution >= 0.6 is 0 Å². The zero-order valence-electron chi connectivity index (χ0n) is 8.59. The largest absolute Gasteiger partial charge is 0.389 e. The monoisotopic (exact) mass is 231 g/mol. The molecule has 0 heterocycles. The van der Waals surface area contributed by atoms with Crippen LogP contribution in [0, 0.1) is 0 Å². The van der Waals surface area contributed by atoms with E-state index in [9.17, 15) is 19.8 Å². The number of aliphatic hydroxyl groups excluding tert-OH is 3. The Morgan fingerprint density at radius 1 is 1.50 bits per heavy atom. The third-order valence-corrected chi connectivity index (χ3v) is 2.03. The molecule has 90 valence electrons. The van der Waals surface area contributed by atoms with E-state index in [1.54, 1.807) is 0 Å². The van der Waals surface area contributed by atoms with Crippen LogP contribution in [0.1, 0.15) is 13.3 Å². The molecule has 0 aliphatic carbocycles. The first-order valence-electron chi connectivity index (χ1n) is 4.56. The van der Waals surface area contributed by atoms with Crippen LogP contribution in [0.15, 0.2) is 5.11 Å². The molecular weight excluding hydrogens is 218 g/mol. The SMILES string of the molecule is CCC(=O)[C@H](O)[C@@H](O)[C@@H](N=[N+]=[N-])[C@@H](O)C=O. The summed E-state index contributed by atoms with van der Waals surface area (Å²) in [7, 11) is 0. The Hall–Kier alpha value is -1.47. The molecule has 0 amide bonds. The van der Waals surface area contributed by atoms with Crippen molar-refractivity contribution in [1.29, 1.82) is 0 Å². The third kappa shape index (κ3) is 3.59. The van der Waals surface area contributed by atoms with Gasteiger partial charge in [0.15, 0.2) is 5.78 Å². The molecule has 0 spiro atoms. The first-order valence-corrected chi connectivity index (χ1v) is 4.56. The number of azide groups is 1. The fourth-order valence-electron chi connectivity index (χ4n) is 1.07. The van der Waals surface area contributed by atoms with Gasteiger partial charge in [-0.2, -0.15) is 0 Å². The summed E-state index contributed by atoms with van der Waals surface area (Å²) in [6.07, 6.45) is -5.37. The van der Waals surface area contributed by atoms with E-state index >= 15 is 0 Å². The Balaban J connectivity index is 4.86. The summed E-state index contributed by atoms with van der Waals surface area (Å²) in [5, 5.41) is 30.9. The number of carbonyl (C=O) groups excluding carboxylic acids is 2. The quantitative estimate of drug-likeness (QED) is 0.221. The van der Waals surface area contributed by atoms with Gasteiger partial charge in [0.25, 0.3) is 0 Å². The minimum Gasteiger partial charge on any atom is -0.389 e. The molecule has 0 aromatic heterocycles. The van der Waals surface area contributed by atoms with E-state index in [2.05, 4.69) is 10.0 Å². The maximum Gasteiger partial charge on any atom is 0.163 e. The van der Waals surface area contributed by atoms with E-state index in [1.165, 1.54) is 6.92 Å². The molecule has 3 N–H and O–H groups in total. The summed E-state index contributed by atoms with van der Waals surface area (Å²) < 4.78 is 0. The van der Waals surface area contributed by atoms with E-state index in [-0.39, 0.29) is 12.7 Å². The molecule has 0 bridgehead atoms. The highest BCUT2D eigenvalue weighted by atomic mass is 16.3. The predicted octanol–water partition coefficient (Wildman–Crippen LogP) is -1.07. The van der Waals surface area contributed by atoms with Crippen LogP contribution in [-0.2, 0) is 9.59 Å². The van der Waals surface area contributed by atoms with Gasteiger partial charge in [0.1, 0.15) is 18.5 Å². The Bertz CT molecular complexity index is 302. The van der Waals surface area contributed by atoms with Crippen LogP contribution in [-0.4, -0.2) is 51.7 Å². The van der Waals surface area contributed by atoms with Crippen molar-refractivity contribution in [3.8, 4) is 0 Å². The van der Waals surface area contributed by atoms with Crippen molar-refractivity contribution in [2.45, 2.75) is 37.7 Å². The highest BCUT2D eigenvalue weighted by molar-refractivity contribution is 5.83. The average molecular weight is 231 g/mol. The molecule has 0 aliphatic heterocycles. The number of aliphatic hydroxyl groups is 3. The minimum atomic E-state index is -1.82. The Morgan fingerprint density at radius 3 is 2.44 bits per heavy atom. The summed E-state index contributed by atoms with van der Waals surface area (Å²) >= 11 is 0. The lowest BCUT2D eigenvalue weighted by molar-refractivity contribution is -0.136. The summed E-state index contributed by atoms with van der Waals surface area (Å²) in [4.78, 5) is 23.7. The van der Waals surface area contributed by atoms with Gasteiger partial charge in [0.2, 0.25) is 0 Å². The fraction of sp³-hybridized carbons (Fsp3) is 0.750. The van der Waals surface area contributed by atoms with Crippen molar-refractivity contribution in [2.75, 3.05) is 0 Å². The standard InChI is InChI=1S/C8H13N3O5/c1-2-4(13)7(15)8(16)6(10-11-9)5(14)3-12/h3,5-8,14-16H,2H2,1H3/t5-,6-,7-,8-/m0/s1. The first kappa shape index (κ1) is 14.5. The van der Waals surface area contributed by atoms with Gasteiger partial charge in [-0.15, -0.1) is 0 Å². The van der Waals surface area contributed by atoms with Gasteiger partial charge in [-0.3, -0.25) is 4.79 Å². The molecular formula is C8H13N3O5. The number of hydrogen-bond acceptors (Lipinski definition) is 6. The molecule has 0 saturated carbocycles. The topological polar surface area (TPSA) is 144 Å². The Kier molecular flexibility index (Phi) is 6.28. The first-order chi connectivity index (χ1) is 7.49. The lowest BCUT2D eigenvalue weighted by Crippen LogP contribution is -2.46. The highest BCUT2D eigenvalue weighted by Crippen LogP contribution is 2.10. The van der Waals surface area contributed by atoms with Crippen LogP contribution in [0.3, 0.4) is 0 Å². The number of ketones is 1. The zero-order valence-corrected chi connectivity index (χ0v) is 8.59. The van der Waals surface area contributed by atoms with Crippen molar-refractivity contribution in [3.63, 3.8) is 0 Å². The summed E-state index contributed by atoms with van der Waals surface area (Å²) in [6, 6.07) is -1.59. The van der Waals surface area contributed by atoms with Crippen molar-refractivity contribution in [3.05, 3.63) is 10.4 Å². The highest BCUT2D eigenvalue weighted by Gasteiger charge is 2.34. The summed E-state index contributed by atoms with van der Waals surface area (Å²) in [5.41, 5.74) is 8.16. The van der Waals surface area contributed by atoms with Crippen molar-refractivity contribution in [1.82, 2.24) is 0 Å². The van der Waals surface area contributed by atoms with Gasteiger partial charge >= 0.3 is 0 Å². The van der Waals surface area contributed by atoms with Gasteiger partial charge in [0.05, 0.1) is 12.1 Å². The second kappa shape index (κ2) is 6.91. The van der Waals surface area contributed by atoms with Crippen LogP contribution in [0.2, 0.25) is 0 Å². The number of nitrogens with zero attached hydrogens (tertiary/aromatic N) is 3. The lowest BCUT2D eigenvalue weighted by atomic mass is 9.98. The fourth-order valence-corrected chi connectivity index (χ4v) is 1.07. The van der Waals surface area contributed by atoms with Crippen LogP contribution in [0.25, 0.3) is 10.4 Å². The van der Waals surface area contributed by atoms with Crippen LogP contribution in [0.4, 0.5) is 0 Å². The number of hydrogen-bond donors (Lipinski definition) is 3. The molecule has 0 saturated heterocycles. The maximum absolute atomic E-state index is 11.1. The van der Waals surface area contributed by atoms with Crippen molar-refractivity contribution in [2.24, 2.45) is 5.11 Å². The second-order valence-corrected chi connectivity index (χ2v) is 3.08. The van der Waals surface area contributed by atoms with Crippen molar-refractivity contribution >= 4 is 12.1 Å². The predicted molar refractivity (Wildman–Crippen MR) is 52.3 cm³/mol. The van der Waals surface area contributed by atoms with E-state index in [4.69, 9.17) is 10.6 Å². The Labute approximate surface area is 91.1 Å². The molecule has 0 radical (unpaired) electrons. The minimum absolute atomic E-state index is 0.0294.